The van der Waals surface area contributed by atoms with Gasteiger partial charge in [0.1, 0.15) is 0 Å². The Labute approximate surface area is 152 Å². The van der Waals surface area contributed by atoms with E-state index in [1.165, 1.54) is 25.5 Å². The third-order valence-electron chi connectivity index (χ3n) is 5.19. The summed E-state index contributed by atoms with van der Waals surface area (Å²) in [6.07, 6.45) is 6.20. The standard InChI is InChI=1S/C17H34N4O3S/c1-6-18-15(19-12-16(3,4)21-25(5,22)23)20-13-11-14(24-7-2)17(13)9-8-10-17/h13-14,21H,6-12H2,1-5H3,(H2,18,19,20). The molecule has 0 radical (unpaired) electrons. The first-order chi connectivity index (χ1) is 11.6. The number of nitrogens with one attached hydrogen (secondary N) is 3. The fourth-order valence-electron chi connectivity index (χ4n) is 3.94. The Kier molecular flexibility index (Phi) is 6.38. The molecule has 146 valence electrons. The molecule has 3 N–H and O–H groups in total. The van der Waals surface area contributed by atoms with Crippen molar-refractivity contribution >= 4 is 16.0 Å². The Morgan fingerprint density at radius 3 is 2.48 bits per heavy atom. The lowest BCUT2D eigenvalue weighted by molar-refractivity contribution is -0.168. The van der Waals surface area contributed by atoms with E-state index in [0.717, 1.165) is 25.5 Å². The summed E-state index contributed by atoms with van der Waals surface area (Å²) < 4.78 is 31.5. The Bertz CT molecular complexity index is 585. The van der Waals surface area contributed by atoms with E-state index in [0.29, 0.717) is 18.7 Å². The molecule has 7 nitrogen and oxygen atoms in total. The highest BCUT2D eigenvalue weighted by atomic mass is 32.2. The van der Waals surface area contributed by atoms with Crippen LogP contribution in [0.3, 0.4) is 0 Å². The second-order valence-corrected chi connectivity index (χ2v) is 9.67. The highest BCUT2D eigenvalue weighted by molar-refractivity contribution is 7.88. The van der Waals surface area contributed by atoms with Crippen LogP contribution in [0.25, 0.3) is 0 Å². The molecule has 2 atom stereocenters. The van der Waals surface area contributed by atoms with Gasteiger partial charge in [0.2, 0.25) is 10.0 Å². The van der Waals surface area contributed by atoms with Gasteiger partial charge in [0.15, 0.2) is 5.96 Å². The average Bonchev–Trinajstić information content (AvgIpc) is 2.39. The van der Waals surface area contributed by atoms with E-state index in [-0.39, 0.29) is 5.41 Å². The van der Waals surface area contributed by atoms with E-state index in [4.69, 9.17) is 4.74 Å². The molecule has 0 saturated heterocycles. The number of sulfonamides is 1. The monoisotopic (exact) mass is 374 g/mol. The van der Waals surface area contributed by atoms with Crippen LogP contribution in [0.1, 0.15) is 53.4 Å². The smallest absolute Gasteiger partial charge is 0.209 e. The van der Waals surface area contributed by atoms with Gasteiger partial charge in [-0.1, -0.05) is 6.42 Å². The minimum absolute atomic E-state index is 0.257. The molecule has 2 saturated carbocycles. The molecule has 0 heterocycles. The predicted molar refractivity (Wildman–Crippen MR) is 101 cm³/mol. The maximum Gasteiger partial charge on any atom is 0.209 e. The van der Waals surface area contributed by atoms with Crippen molar-refractivity contribution in [2.24, 2.45) is 10.4 Å². The van der Waals surface area contributed by atoms with Crippen LogP contribution in [-0.2, 0) is 14.8 Å². The second kappa shape index (κ2) is 7.80. The summed E-state index contributed by atoms with van der Waals surface area (Å²) in [6, 6.07) is 0.376. The van der Waals surface area contributed by atoms with Gasteiger partial charge in [0, 0.05) is 30.1 Å². The first-order valence-electron chi connectivity index (χ1n) is 9.27. The van der Waals surface area contributed by atoms with Crippen LogP contribution in [0.5, 0.6) is 0 Å². The van der Waals surface area contributed by atoms with Crippen LogP contribution in [-0.4, -0.2) is 58.0 Å². The largest absolute Gasteiger partial charge is 0.378 e. The summed E-state index contributed by atoms with van der Waals surface area (Å²) >= 11 is 0. The van der Waals surface area contributed by atoms with Crippen molar-refractivity contribution in [1.82, 2.24) is 15.4 Å². The number of hydrogen-bond donors (Lipinski definition) is 3. The lowest BCUT2D eigenvalue weighted by atomic mass is 9.51. The molecule has 0 bridgehead atoms. The van der Waals surface area contributed by atoms with E-state index in [2.05, 4.69) is 27.3 Å². The van der Waals surface area contributed by atoms with Gasteiger partial charge in [-0.25, -0.2) is 13.1 Å². The summed E-state index contributed by atoms with van der Waals surface area (Å²) in [6.45, 7) is 9.64. The normalized spacial score (nSPS) is 26.0. The molecule has 0 aromatic heterocycles. The number of hydrogen-bond acceptors (Lipinski definition) is 4. The lowest BCUT2D eigenvalue weighted by Crippen LogP contribution is -2.68. The van der Waals surface area contributed by atoms with Crippen molar-refractivity contribution in [2.75, 3.05) is 26.0 Å². The van der Waals surface area contributed by atoms with Gasteiger partial charge in [-0.05, 0) is 47.0 Å². The topological polar surface area (TPSA) is 91.8 Å². The van der Waals surface area contributed by atoms with Crippen LogP contribution < -0.4 is 15.4 Å². The van der Waals surface area contributed by atoms with Crippen molar-refractivity contribution in [1.29, 1.82) is 0 Å². The van der Waals surface area contributed by atoms with Crippen molar-refractivity contribution in [3.8, 4) is 0 Å². The molecule has 2 unspecified atom stereocenters. The SMILES string of the molecule is CCNC(=NCC(C)(C)NS(C)(=O)=O)NC1CC(OCC)C12CCC2. The van der Waals surface area contributed by atoms with Crippen LogP contribution in [0.15, 0.2) is 4.99 Å². The van der Waals surface area contributed by atoms with E-state index in [9.17, 15) is 8.42 Å². The predicted octanol–water partition coefficient (Wildman–Crippen LogP) is 1.22. The first kappa shape index (κ1) is 20.5. The van der Waals surface area contributed by atoms with E-state index in [1.807, 2.05) is 20.8 Å². The van der Waals surface area contributed by atoms with Gasteiger partial charge in [-0.15, -0.1) is 0 Å². The quantitative estimate of drug-likeness (QED) is 0.439. The molecule has 0 aliphatic heterocycles. The Morgan fingerprint density at radius 2 is 2.00 bits per heavy atom. The van der Waals surface area contributed by atoms with Crippen molar-refractivity contribution in [3.63, 3.8) is 0 Å². The molecule has 8 heteroatoms. The average molecular weight is 375 g/mol. The number of aliphatic imine (C=N–C) groups is 1. The molecular formula is C17H34N4O3S. The number of guanidine groups is 1. The fraction of sp³-hybridized carbons (Fsp3) is 0.941. The second-order valence-electron chi connectivity index (χ2n) is 7.92. The zero-order valence-corrected chi connectivity index (χ0v) is 17.0. The molecule has 0 aromatic rings. The molecule has 25 heavy (non-hydrogen) atoms. The summed E-state index contributed by atoms with van der Waals surface area (Å²) in [5.41, 5.74) is -0.371. The van der Waals surface area contributed by atoms with Gasteiger partial charge in [-0.3, -0.25) is 4.99 Å². The third kappa shape index (κ3) is 5.08. The zero-order valence-electron chi connectivity index (χ0n) is 16.2. The zero-order chi connectivity index (χ0) is 18.7. The molecule has 2 fully saturated rings. The molecule has 2 rings (SSSR count). The van der Waals surface area contributed by atoms with Crippen LogP contribution in [0.4, 0.5) is 0 Å². The number of nitrogens with zero attached hydrogens (tertiary/aromatic N) is 1. The molecular weight excluding hydrogens is 340 g/mol. The maximum atomic E-state index is 11.5. The highest BCUT2D eigenvalue weighted by Gasteiger charge is 2.59. The van der Waals surface area contributed by atoms with Gasteiger partial charge in [-0.2, -0.15) is 0 Å². The highest BCUT2D eigenvalue weighted by Crippen LogP contribution is 2.57. The Hall–Kier alpha value is -0.860. The number of rotatable bonds is 8. The first-order valence-corrected chi connectivity index (χ1v) is 11.2. The van der Waals surface area contributed by atoms with Gasteiger partial charge in [0.05, 0.1) is 18.9 Å². The lowest BCUT2D eigenvalue weighted by Gasteiger charge is -2.61. The summed E-state index contributed by atoms with van der Waals surface area (Å²) in [5, 5.41) is 6.82. The van der Waals surface area contributed by atoms with Crippen LogP contribution >= 0.6 is 0 Å². The fourth-order valence-corrected chi connectivity index (χ4v) is 5.00. The third-order valence-corrected chi connectivity index (χ3v) is 6.11. The van der Waals surface area contributed by atoms with E-state index < -0.39 is 15.6 Å². The Morgan fingerprint density at radius 1 is 1.32 bits per heavy atom. The molecule has 0 amide bonds. The minimum Gasteiger partial charge on any atom is -0.378 e. The minimum atomic E-state index is -3.26. The number of ether oxygens (including phenoxy) is 1. The molecule has 2 aliphatic rings. The molecule has 1 spiro atoms. The summed E-state index contributed by atoms with van der Waals surface area (Å²) in [4.78, 5) is 4.61. The van der Waals surface area contributed by atoms with Crippen molar-refractivity contribution in [2.45, 2.75) is 71.1 Å². The Balaban J connectivity index is 1.99. The van der Waals surface area contributed by atoms with Gasteiger partial charge < -0.3 is 15.4 Å². The van der Waals surface area contributed by atoms with Crippen LogP contribution in [0, 0.1) is 5.41 Å². The van der Waals surface area contributed by atoms with Gasteiger partial charge >= 0.3 is 0 Å². The van der Waals surface area contributed by atoms with Crippen molar-refractivity contribution in [3.05, 3.63) is 0 Å². The van der Waals surface area contributed by atoms with E-state index >= 15 is 0 Å². The summed E-state index contributed by atoms with van der Waals surface area (Å²) in [7, 11) is -3.26. The molecule has 2 aliphatic carbocycles. The maximum absolute atomic E-state index is 11.5. The van der Waals surface area contributed by atoms with Gasteiger partial charge in [0.25, 0.3) is 0 Å². The van der Waals surface area contributed by atoms with E-state index in [1.54, 1.807) is 0 Å². The van der Waals surface area contributed by atoms with Crippen molar-refractivity contribution < 1.29 is 13.2 Å². The summed E-state index contributed by atoms with van der Waals surface area (Å²) in [5.74, 6) is 0.747. The molecule has 0 aromatic carbocycles. The van der Waals surface area contributed by atoms with Crippen LogP contribution in [0.2, 0.25) is 0 Å².